The molecule has 4 nitrogen and oxygen atoms in total. The van der Waals surface area contributed by atoms with Gasteiger partial charge in [-0.25, -0.2) is 9.97 Å². The number of aromatic nitrogens is 2. The van der Waals surface area contributed by atoms with Crippen LogP contribution in [0.1, 0.15) is 52.7 Å². The summed E-state index contributed by atoms with van der Waals surface area (Å²) in [5.41, 5.74) is 6.69. The molecule has 2 aliphatic heterocycles. The van der Waals surface area contributed by atoms with Gasteiger partial charge in [-0.2, -0.15) is 0 Å². The molecule has 0 bridgehead atoms. The number of aryl methyl sites for hydroxylation is 2. The highest BCUT2D eigenvalue weighted by atomic mass is 15.1. The molecule has 1 unspecified atom stereocenters. The highest BCUT2D eigenvalue weighted by Gasteiger charge is 2.23. The Balaban J connectivity index is 1.46. The average molecular weight is 322 g/mol. The van der Waals surface area contributed by atoms with Crippen molar-refractivity contribution in [1.29, 1.82) is 0 Å². The lowest BCUT2D eigenvalue weighted by Crippen LogP contribution is -2.31. The Hall–Kier alpha value is -1.78. The van der Waals surface area contributed by atoms with Gasteiger partial charge >= 0.3 is 0 Å². The monoisotopic (exact) mass is 322 g/mol. The minimum absolute atomic E-state index is 0.365. The van der Waals surface area contributed by atoms with E-state index in [1.54, 1.807) is 0 Å². The maximum absolute atomic E-state index is 4.86. The third-order valence-electron chi connectivity index (χ3n) is 5.38. The van der Waals surface area contributed by atoms with Gasteiger partial charge in [0.1, 0.15) is 5.82 Å². The molecular formula is C20H26N4. The quantitative estimate of drug-likeness (QED) is 0.943. The highest BCUT2D eigenvalue weighted by molar-refractivity contribution is 5.30. The third kappa shape index (κ3) is 3.21. The predicted molar refractivity (Wildman–Crippen MR) is 95.7 cm³/mol. The van der Waals surface area contributed by atoms with Gasteiger partial charge in [-0.05, 0) is 49.9 Å². The Labute approximate surface area is 144 Å². The van der Waals surface area contributed by atoms with Crippen LogP contribution in [0.5, 0.6) is 0 Å². The van der Waals surface area contributed by atoms with Gasteiger partial charge in [0.25, 0.3) is 0 Å². The molecule has 1 atom stereocenters. The van der Waals surface area contributed by atoms with Crippen LogP contribution in [0.25, 0.3) is 0 Å². The Morgan fingerprint density at radius 1 is 1.25 bits per heavy atom. The summed E-state index contributed by atoms with van der Waals surface area (Å²) in [6, 6.07) is 7.16. The van der Waals surface area contributed by atoms with E-state index in [0.717, 1.165) is 44.8 Å². The highest BCUT2D eigenvalue weighted by Crippen LogP contribution is 2.24. The van der Waals surface area contributed by atoms with Gasteiger partial charge in [0.15, 0.2) is 0 Å². The Kier molecular flexibility index (Phi) is 4.33. The van der Waals surface area contributed by atoms with Gasteiger partial charge in [0.2, 0.25) is 0 Å². The fraction of sp³-hybridized carbons (Fsp3) is 0.500. The number of hydrogen-bond donors (Lipinski definition) is 1. The van der Waals surface area contributed by atoms with E-state index in [0.29, 0.717) is 6.04 Å². The zero-order valence-electron chi connectivity index (χ0n) is 14.7. The van der Waals surface area contributed by atoms with Crippen LogP contribution in [-0.4, -0.2) is 28.0 Å². The van der Waals surface area contributed by atoms with E-state index in [9.17, 15) is 0 Å². The van der Waals surface area contributed by atoms with Crippen molar-refractivity contribution in [3.8, 4) is 0 Å². The summed E-state index contributed by atoms with van der Waals surface area (Å²) in [7, 11) is 0. The summed E-state index contributed by atoms with van der Waals surface area (Å²) in [6.45, 7) is 8.50. The molecule has 2 aliphatic rings. The molecule has 0 amide bonds. The smallest absolute Gasteiger partial charge is 0.145 e. The first kappa shape index (κ1) is 15.7. The van der Waals surface area contributed by atoms with E-state index in [2.05, 4.69) is 53.4 Å². The number of rotatable bonds is 3. The van der Waals surface area contributed by atoms with Crippen molar-refractivity contribution in [2.24, 2.45) is 0 Å². The lowest BCUT2D eigenvalue weighted by atomic mass is 10.0. The van der Waals surface area contributed by atoms with Crippen molar-refractivity contribution < 1.29 is 0 Å². The molecule has 1 N–H and O–H groups in total. The van der Waals surface area contributed by atoms with E-state index in [-0.39, 0.29) is 0 Å². The second-order valence-corrected chi connectivity index (χ2v) is 7.23. The van der Waals surface area contributed by atoms with Crippen LogP contribution in [0.2, 0.25) is 0 Å². The molecule has 1 aromatic carbocycles. The Morgan fingerprint density at radius 2 is 2.17 bits per heavy atom. The maximum Gasteiger partial charge on any atom is 0.145 e. The van der Waals surface area contributed by atoms with Crippen molar-refractivity contribution in [2.45, 2.75) is 52.2 Å². The Morgan fingerprint density at radius 3 is 2.96 bits per heavy atom. The van der Waals surface area contributed by atoms with E-state index in [4.69, 9.17) is 4.98 Å². The fourth-order valence-electron chi connectivity index (χ4n) is 3.76. The van der Waals surface area contributed by atoms with Crippen LogP contribution in [0.3, 0.4) is 0 Å². The standard InChI is InChI=1S/C20H26N4/c1-14-5-6-16(10-15(14)2)12-24-9-7-18-17(13-24)11-22-20(23-18)19-4-3-8-21-19/h5-6,10-11,19,21H,3-4,7-9,12-13H2,1-2H3. The molecule has 0 aliphatic carbocycles. The van der Waals surface area contributed by atoms with Gasteiger partial charge in [0.05, 0.1) is 6.04 Å². The minimum Gasteiger partial charge on any atom is -0.307 e. The molecule has 0 spiro atoms. The van der Waals surface area contributed by atoms with Gasteiger partial charge in [-0.15, -0.1) is 0 Å². The van der Waals surface area contributed by atoms with Crippen LogP contribution in [0.4, 0.5) is 0 Å². The van der Waals surface area contributed by atoms with Crippen molar-refractivity contribution in [1.82, 2.24) is 20.2 Å². The van der Waals surface area contributed by atoms with Crippen molar-refractivity contribution in [3.05, 3.63) is 58.2 Å². The molecule has 24 heavy (non-hydrogen) atoms. The van der Waals surface area contributed by atoms with E-state index in [1.807, 2.05) is 0 Å². The summed E-state index contributed by atoms with van der Waals surface area (Å²) in [5, 5.41) is 3.50. The number of fused-ring (bicyclic) bond motifs is 1. The molecule has 2 aromatic rings. The van der Waals surface area contributed by atoms with Crippen LogP contribution in [-0.2, 0) is 19.5 Å². The first-order valence-electron chi connectivity index (χ1n) is 9.05. The molecule has 4 heteroatoms. The summed E-state index contributed by atoms with van der Waals surface area (Å²) >= 11 is 0. The first-order chi connectivity index (χ1) is 11.7. The lowest BCUT2D eigenvalue weighted by molar-refractivity contribution is 0.242. The first-order valence-corrected chi connectivity index (χ1v) is 9.05. The predicted octanol–water partition coefficient (Wildman–Crippen LogP) is 3.08. The van der Waals surface area contributed by atoms with Crippen LogP contribution >= 0.6 is 0 Å². The van der Waals surface area contributed by atoms with Gasteiger partial charge in [-0.3, -0.25) is 4.90 Å². The van der Waals surface area contributed by atoms with E-state index in [1.165, 1.54) is 34.4 Å². The topological polar surface area (TPSA) is 41.1 Å². The molecule has 0 radical (unpaired) electrons. The lowest BCUT2D eigenvalue weighted by Gasteiger charge is -2.28. The molecule has 4 rings (SSSR count). The summed E-state index contributed by atoms with van der Waals surface area (Å²) in [4.78, 5) is 12.0. The Bertz CT molecular complexity index is 734. The zero-order valence-corrected chi connectivity index (χ0v) is 14.7. The average Bonchev–Trinajstić information content (AvgIpc) is 3.12. The fourth-order valence-corrected chi connectivity index (χ4v) is 3.76. The largest absolute Gasteiger partial charge is 0.307 e. The van der Waals surface area contributed by atoms with E-state index >= 15 is 0 Å². The summed E-state index contributed by atoms with van der Waals surface area (Å²) in [5.74, 6) is 0.994. The summed E-state index contributed by atoms with van der Waals surface area (Å²) < 4.78 is 0. The number of nitrogens with zero attached hydrogens (tertiary/aromatic N) is 3. The SMILES string of the molecule is Cc1ccc(CN2CCc3nc(C4CCCN4)ncc3C2)cc1C. The molecule has 0 saturated carbocycles. The minimum atomic E-state index is 0.365. The number of hydrogen-bond acceptors (Lipinski definition) is 4. The number of nitrogens with one attached hydrogen (secondary N) is 1. The molecular weight excluding hydrogens is 296 g/mol. The molecule has 1 aromatic heterocycles. The van der Waals surface area contributed by atoms with Crippen LogP contribution < -0.4 is 5.32 Å². The maximum atomic E-state index is 4.86. The van der Waals surface area contributed by atoms with E-state index < -0.39 is 0 Å². The normalized spacial score (nSPS) is 21.0. The van der Waals surface area contributed by atoms with Crippen LogP contribution in [0.15, 0.2) is 24.4 Å². The number of benzene rings is 1. The van der Waals surface area contributed by atoms with Crippen molar-refractivity contribution in [2.75, 3.05) is 13.1 Å². The van der Waals surface area contributed by atoms with Crippen LogP contribution in [0, 0.1) is 13.8 Å². The van der Waals surface area contributed by atoms with Gasteiger partial charge in [0, 0.05) is 43.5 Å². The second-order valence-electron chi connectivity index (χ2n) is 7.23. The van der Waals surface area contributed by atoms with Crippen molar-refractivity contribution in [3.63, 3.8) is 0 Å². The summed E-state index contributed by atoms with van der Waals surface area (Å²) in [6.07, 6.45) is 5.49. The van der Waals surface area contributed by atoms with Crippen molar-refractivity contribution >= 4 is 0 Å². The molecule has 1 fully saturated rings. The third-order valence-corrected chi connectivity index (χ3v) is 5.38. The molecule has 1 saturated heterocycles. The second kappa shape index (κ2) is 6.61. The zero-order chi connectivity index (χ0) is 16.5. The molecule has 126 valence electrons. The molecule has 3 heterocycles. The van der Waals surface area contributed by atoms with Gasteiger partial charge in [-0.1, -0.05) is 18.2 Å². The van der Waals surface area contributed by atoms with Gasteiger partial charge < -0.3 is 5.32 Å².